The molecule has 2 aromatic carbocycles. The van der Waals surface area contributed by atoms with Gasteiger partial charge in [-0.05, 0) is 16.8 Å². The van der Waals surface area contributed by atoms with E-state index in [0.29, 0.717) is 11.1 Å². The van der Waals surface area contributed by atoms with Crippen molar-refractivity contribution in [2.75, 3.05) is 5.73 Å². The van der Waals surface area contributed by atoms with Gasteiger partial charge in [-0.3, -0.25) is 0 Å². The van der Waals surface area contributed by atoms with Crippen LogP contribution in [-0.2, 0) is 0 Å². The van der Waals surface area contributed by atoms with E-state index in [1.54, 1.807) is 6.07 Å². The van der Waals surface area contributed by atoms with Gasteiger partial charge in [0.1, 0.15) is 5.75 Å². The third kappa shape index (κ3) is 1.42. The van der Waals surface area contributed by atoms with E-state index in [1.807, 2.05) is 30.3 Å². The summed E-state index contributed by atoms with van der Waals surface area (Å²) in [5.74, 6) is 0.371. The summed E-state index contributed by atoms with van der Waals surface area (Å²) in [5.41, 5.74) is 6.96. The number of aromatic nitrogens is 1. The number of benzene rings is 2. The van der Waals surface area contributed by atoms with Crippen LogP contribution in [0.3, 0.4) is 0 Å². The Bertz CT molecular complexity index is 689. The topological polar surface area (TPSA) is 72.3 Å². The highest BCUT2D eigenvalue weighted by Gasteiger charge is 2.14. The second-order valence-corrected chi connectivity index (χ2v) is 3.78. The number of nitrogens with two attached hydrogens (primary N) is 1. The van der Waals surface area contributed by atoms with E-state index in [1.165, 1.54) is 6.20 Å². The molecule has 0 spiro atoms. The Morgan fingerprint density at radius 3 is 2.71 bits per heavy atom. The highest BCUT2D eigenvalue weighted by molar-refractivity contribution is 6.01. The molecule has 0 amide bonds. The lowest BCUT2D eigenvalue weighted by atomic mass is 9.99. The maximum absolute atomic E-state index is 9.98. The zero-order valence-corrected chi connectivity index (χ0v) is 8.92. The Morgan fingerprint density at radius 1 is 1.12 bits per heavy atom. The normalized spacial score (nSPS) is 10.8. The van der Waals surface area contributed by atoms with Gasteiger partial charge in [-0.25, -0.2) is 0 Å². The summed E-state index contributed by atoms with van der Waals surface area (Å²) < 4.78 is 4.84. The third-order valence-electron chi connectivity index (χ3n) is 2.77. The average molecular weight is 226 g/mol. The van der Waals surface area contributed by atoms with E-state index in [-0.39, 0.29) is 11.6 Å². The van der Waals surface area contributed by atoms with Crippen molar-refractivity contribution in [3.05, 3.63) is 42.6 Å². The molecular weight excluding hydrogens is 216 g/mol. The van der Waals surface area contributed by atoms with E-state index in [0.717, 1.165) is 10.8 Å². The van der Waals surface area contributed by atoms with Crippen molar-refractivity contribution in [2.24, 2.45) is 0 Å². The average Bonchev–Trinajstić information content (AvgIpc) is 2.75. The minimum Gasteiger partial charge on any atom is -0.507 e. The molecule has 0 bridgehead atoms. The largest absolute Gasteiger partial charge is 0.507 e. The van der Waals surface area contributed by atoms with Crippen molar-refractivity contribution in [3.63, 3.8) is 0 Å². The van der Waals surface area contributed by atoms with Gasteiger partial charge < -0.3 is 15.4 Å². The first-order valence-electron chi connectivity index (χ1n) is 5.18. The highest BCUT2D eigenvalue weighted by Crippen LogP contribution is 2.38. The van der Waals surface area contributed by atoms with Crippen LogP contribution in [-0.4, -0.2) is 10.3 Å². The van der Waals surface area contributed by atoms with Gasteiger partial charge >= 0.3 is 0 Å². The lowest BCUT2D eigenvalue weighted by Crippen LogP contribution is -1.87. The fourth-order valence-corrected chi connectivity index (χ4v) is 1.98. The number of phenols is 1. The molecule has 3 N–H and O–H groups in total. The molecule has 0 saturated carbocycles. The standard InChI is InChI=1S/C13H10N2O2/c14-13-10(7-15-17-13)12-9-4-2-1-3-8(9)5-6-11(12)16/h1-7,16H,14H2. The number of nitrogens with zero attached hydrogens (tertiary/aromatic N) is 1. The first kappa shape index (κ1) is 9.72. The van der Waals surface area contributed by atoms with Crippen molar-refractivity contribution in [3.8, 4) is 16.9 Å². The number of anilines is 1. The first-order valence-corrected chi connectivity index (χ1v) is 5.18. The van der Waals surface area contributed by atoms with Crippen LogP contribution in [0.1, 0.15) is 0 Å². The van der Waals surface area contributed by atoms with E-state index < -0.39 is 0 Å². The monoisotopic (exact) mass is 226 g/mol. The van der Waals surface area contributed by atoms with Gasteiger partial charge in [0.05, 0.1) is 11.8 Å². The predicted octanol–water partition coefficient (Wildman–Crippen LogP) is 2.78. The fourth-order valence-electron chi connectivity index (χ4n) is 1.98. The molecule has 3 rings (SSSR count). The Hall–Kier alpha value is -2.49. The maximum Gasteiger partial charge on any atom is 0.230 e. The van der Waals surface area contributed by atoms with E-state index in [4.69, 9.17) is 10.3 Å². The maximum atomic E-state index is 9.98. The number of rotatable bonds is 1. The molecule has 1 heterocycles. The number of phenolic OH excluding ortho intramolecular Hbond substituents is 1. The van der Waals surface area contributed by atoms with Crippen LogP contribution in [0.2, 0.25) is 0 Å². The Morgan fingerprint density at radius 2 is 1.94 bits per heavy atom. The lowest BCUT2D eigenvalue weighted by Gasteiger charge is -2.07. The molecule has 4 nitrogen and oxygen atoms in total. The molecule has 0 fully saturated rings. The van der Waals surface area contributed by atoms with Gasteiger partial charge in [0, 0.05) is 5.56 Å². The molecule has 17 heavy (non-hydrogen) atoms. The van der Waals surface area contributed by atoms with Crippen LogP contribution in [0.25, 0.3) is 21.9 Å². The number of hydrogen-bond donors (Lipinski definition) is 2. The Kier molecular flexibility index (Phi) is 2.01. The summed E-state index contributed by atoms with van der Waals surface area (Å²) in [5, 5.41) is 15.6. The molecule has 0 unspecified atom stereocenters. The summed E-state index contributed by atoms with van der Waals surface area (Å²) in [6.45, 7) is 0. The molecule has 0 aliphatic rings. The molecule has 3 aromatic rings. The lowest BCUT2D eigenvalue weighted by molar-refractivity contribution is 0.436. The summed E-state index contributed by atoms with van der Waals surface area (Å²) in [7, 11) is 0. The van der Waals surface area contributed by atoms with Crippen LogP contribution >= 0.6 is 0 Å². The molecule has 0 atom stereocenters. The van der Waals surface area contributed by atoms with Gasteiger partial charge in [0.2, 0.25) is 5.88 Å². The zero-order chi connectivity index (χ0) is 11.8. The summed E-state index contributed by atoms with van der Waals surface area (Å²) in [6, 6.07) is 11.3. The van der Waals surface area contributed by atoms with Gasteiger partial charge in [-0.15, -0.1) is 0 Å². The second kappa shape index (κ2) is 3.52. The summed E-state index contributed by atoms with van der Waals surface area (Å²) in [4.78, 5) is 0. The van der Waals surface area contributed by atoms with Crippen LogP contribution in [0.5, 0.6) is 5.75 Å². The Balaban J connectivity index is 2.42. The van der Waals surface area contributed by atoms with Crippen molar-refractivity contribution in [1.29, 1.82) is 0 Å². The molecule has 84 valence electrons. The van der Waals surface area contributed by atoms with Crippen molar-refractivity contribution >= 4 is 16.7 Å². The van der Waals surface area contributed by atoms with Gasteiger partial charge in [-0.1, -0.05) is 35.5 Å². The molecule has 0 saturated heterocycles. The fraction of sp³-hybridized carbons (Fsp3) is 0. The second-order valence-electron chi connectivity index (χ2n) is 3.78. The third-order valence-corrected chi connectivity index (χ3v) is 2.77. The van der Waals surface area contributed by atoms with Crippen molar-refractivity contribution < 1.29 is 9.63 Å². The predicted molar refractivity (Wildman–Crippen MR) is 65.5 cm³/mol. The summed E-state index contributed by atoms with van der Waals surface area (Å²) in [6.07, 6.45) is 1.51. The van der Waals surface area contributed by atoms with Gasteiger partial charge in [0.25, 0.3) is 0 Å². The van der Waals surface area contributed by atoms with Crippen molar-refractivity contribution in [1.82, 2.24) is 5.16 Å². The number of nitrogen functional groups attached to an aromatic ring is 1. The van der Waals surface area contributed by atoms with E-state index in [2.05, 4.69) is 5.16 Å². The van der Waals surface area contributed by atoms with Crippen LogP contribution in [0.15, 0.2) is 47.1 Å². The molecule has 0 aliphatic carbocycles. The minimum atomic E-state index is 0.165. The van der Waals surface area contributed by atoms with Crippen LogP contribution in [0, 0.1) is 0 Å². The number of aromatic hydroxyl groups is 1. The minimum absolute atomic E-state index is 0.165. The number of hydrogen-bond acceptors (Lipinski definition) is 4. The Labute approximate surface area is 97.3 Å². The molecule has 0 aliphatic heterocycles. The van der Waals surface area contributed by atoms with E-state index >= 15 is 0 Å². The molecular formula is C13H10N2O2. The van der Waals surface area contributed by atoms with Gasteiger partial charge in [0.15, 0.2) is 0 Å². The molecule has 1 aromatic heterocycles. The van der Waals surface area contributed by atoms with Gasteiger partial charge in [-0.2, -0.15) is 0 Å². The van der Waals surface area contributed by atoms with Crippen molar-refractivity contribution in [2.45, 2.75) is 0 Å². The SMILES string of the molecule is Nc1oncc1-c1c(O)ccc2ccccc12. The highest BCUT2D eigenvalue weighted by atomic mass is 16.5. The molecule has 0 radical (unpaired) electrons. The quantitative estimate of drug-likeness (QED) is 0.669. The smallest absolute Gasteiger partial charge is 0.230 e. The van der Waals surface area contributed by atoms with E-state index in [9.17, 15) is 5.11 Å². The van der Waals surface area contributed by atoms with Crippen LogP contribution < -0.4 is 5.73 Å². The molecule has 4 heteroatoms. The van der Waals surface area contributed by atoms with Crippen LogP contribution in [0.4, 0.5) is 5.88 Å². The first-order chi connectivity index (χ1) is 8.27. The summed E-state index contributed by atoms with van der Waals surface area (Å²) >= 11 is 0. The zero-order valence-electron chi connectivity index (χ0n) is 8.92. The number of fused-ring (bicyclic) bond motifs is 1.